The van der Waals surface area contributed by atoms with Crippen molar-refractivity contribution in [1.29, 1.82) is 0 Å². The summed E-state index contributed by atoms with van der Waals surface area (Å²) in [5, 5.41) is 0. The van der Waals surface area contributed by atoms with Gasteiger partial charge >= 0.3 is 0 Å². The van der Waals surface area contributed by atoms with Crippen molar-refractivity contribution in [1.82, 2.24) is 0 Å². The summed E-state index contributed by atoms with van der Waals surface area (Å²) in [6, 6.07) is 0. The molecule has 0 aromatic heterocycles. The molecule has 1 heteroatoms. The fourth-order valence-corrected chi connectivity index (χ4v) is 5.73. The number of hydrogen-bond acceptors (Lipinski definition) is 1. The number of rotatable bonds is 1. The van der Waals surface area contributed by atoms with Gasteiger partial charge in [-0.2, -0.15) is 0 Å². The molecule has 2 N–H and O–H groups in total. The Morgan fingerprint density at radius 1 is 0.929 bits per heavy atom. The third-order valence-corrected chi connectivity index (χ3v) is 6.14. The normalized spacial score (nSPS) is 63.6. The summed E-state index contributed by atoms with van der Waals surface area (Å²) in [6.07, 6.45) is 9.37. The minimum Gasteiger partial charge on any atom is -0.330 e. The van der Waals surface area contributed by atoms with Crippen molar-refractivity contribution < 1.29 is 0 Å². The summed E-state index contributed by atoms with van der Waals surface area (Å²) in [7, 11) is 0. The maximum atomic E-state index is 5.89. The van der Waals surface area contributed by atoms with Crippen LogP contribution in [0.3, 0.4) is 0 Å². The van der Waals surface area contributed by atoms with Crippen molar-refractivity contribution in [3.8, 4) is 0 Å². The maximum absolute atomic E-state index is 5.89. The first-order chi connectivity index (χ1) is 6.83. The zero-order chi connectivity index (χ0) is 9.34. The second-order valence-electron chi connectivity index (χ2n) is 6.55. The van der Waals surface area contributed by atoms with E-state index >= 15 is 0 Å². The van der Waals surface area contributed by atoms with Crippen LogP contribution in [0.15, 0.2) is 0 Å². The van der Waals surface area contributed by atoms with Gasteiger partial charge in [0.25, 0.3) is 0 Å². The molecule has 0 unspecified atom stereocenters. The molecule has 0 saturated heterocycles. The highest BCUT2D eigenvalue weighted by Crippen LogP contribution is 2.74. The van der Waals surface area contributed by atoms with Gasteiger partial charge in [-0.1, -0.05) is 0 Å². The van der Waals surface area contributed by atoms with Crippen molar-refractivity contribution in [2.24, 2.45) is 40.7 Å². The van der Waals surface area contributed by atoms with E-state index in [0.29, 0.717) is 0 Å². The van der Waals surface area contributed by atoms with E-state index in [1.54, 1.807) is 32.1 Å². The molecule has 1 nitrogen and oxygen atoms in total. The van der Waals surface area contributed by atoms with Gasteiger partial charge in [-0.3, -0.25) is 0 Å². The molecule has 78 valence electrons. The highest BCUT2D eigenvalue weighted by atomic mass is 14.8. The van der Waals surface area contributed by atoms with E-state index in [1.165, 1.54) is 6.42 Å². The fraction of sp³-hybridized carbons (Fsp3) is 1.00. The lowest BCUT2D eigenvalue weighted by Crippen LogP contribution is -2.47. The van der Waals surface area contributed by atoms with Gasteiger partial charge in [0.15, 0.2) is 0 Å². The average Bonchev–Trinajstić information content (AvgIpc) is 2.89. The Balaban J connectivity index is 1.69. The average molecular weight is 191 g/mol. The predicted molar refractivity (Wildman–Crippen MR) is 56.6 cm³/mol. The molecular weight excluding hydrogens is 170 g/mol. The zero-order valence-electron chi connectivity index (χ0n) is 8.91. The third kappa shape index (κ3) is 0.778. The van der Waals surface area contributed by atoms with Crippen LogP contribution in [0.4, 0.5) is 0 Å². The molecule has 14 heavy (non-hydrogen) atoms. The number of hydrogen-bond donors (Lipinski definition) is 1. The van der Waals surface area contributed by atoms with Gasteiger partial charge in [-0.25, -0.2) is 0 Å². The molecule has 5 saturated carbocycles. The second kappa shape index (κ2) is 2.37. The summed E-state index contributed by atoms with van der Waals surface area (Å²) in [5.74, 6) is 5.39. The third-order valence-electron chi connectivity index (χ3n) is 6.14. The Bertz CT molecular complexity index is 242. The molecule has 0 amide bonds. The largest absolute Gasteiger partial charge is 0.330 e. The van der Waals surface area contributed by atoms with Crippen LogP contribution in [-0.4, -0.2) is 6.54 Å². The molecule has 1 spiro atoms. The molecule has 5 aliphatic rings. The molecule has 0 heterocycles. The summed E-state index contributed by atoms with van der Waals surface area (Å²) < 4.78 is 0. The summed E-state index contributed by atoms with van der Waals surface area (Å²) in [5.41, 5.74) is 6.68. The predicted octanol–water partition coefficient (Wildman–Crippen LogP) is 2.41. The first-order valence-corrected chi connectivity index (χ1v) is 6.53. The van der Waals surface area contributed by atoms with Gasteiger partial charge in [0.1, 0.15) is 0 Å². The molecule has 0 aliphatic heterocycles. The van der Waals surface area contributed by atoms with E-state index in [1.807, 2.05) is 0 Å². The van der Waals surface area contributed by atoms with Crippen molar-refractivity contribution in [3.63, 3.8) is 0 Å². The molecule has 0 aromatic rings. The van der Waals surface area contributed by atoms with Crippen molar-refractivity contribution in [2.75, 3.05) is 6.54 Å². The minimum atomic E-state index is 0.794. The van der Waals surface area contributed by atoms with E-state index < -0.39 is 0 Å². The molecule has 0 aromatic carbocycles. The van der Waals surface area contributed by atoms with Crippen molar-refractivity contribution >= 4 is 0 Å². The van der Waals surface area contributed by atoms with Gasteiger partial charge in [-0.15, -0.1) is 0 Å². The van der Waals surface area contributed by atoms with E-state index in [9.17, 15) is 0 Å². The highest BCUT2D eigenvalue weighted by Gasteiger charge is 2.67. The van der Waals surface area contributed by atoms with E-state index in [2.05, 4.69) is 0 Å². The van der Waals surface area contributed by atoms with E-state index in [4.69, 9.17) is 5.73 Å². The lowest BCUT2D eigenvalue weighted by molar-refractivity contribution is -0.0594. The molecule has 5 fully saturated rings. The van der Waals surface area contributed by atoms with Crippen LogP contribution >= 0.6 is 0 Å². The van der Waals surface area contributed by atoms with Crippen molar-refractivity contribution in [3.05, 3.63) is 0 Å². The Kier molecular flexibility index (Phi) is 1.38. The van der Waals surface area contributed by atoms with Gasteiger partial charge in [0.05, 0.1) is 0 Å². The smallest absolute Gasteiger partial charge is 0.00431 e. The Labute approximate surface area is 86.4 Å². The van der Waals surface area contributed by atoms with Gasteiger partial charge in [0.2, 0.25) is 0 Å². The van der Waals surface area contributed by atoms with Crippen LogP contribution in [0.25, 0.3) is 0 Å². The summed E-state index contributed by atoms with van der Waals surface area (Å²) in [4.78, 5) is 0. The lowest BCUT2D eigenvalue weighted by atomic mass is 9.49. The van der Waals surface area contributed by atoms with Gasteiger partial charge in [0, 0.05) is 0 Å². The van der Waals surface area contributed by atoms with Crippen molar-refractivity contribution in [2.45, 2.75) is 38.5 Å². The molecule has 1 atom stereocenters. The number of nitrogens with two attached hydrogens (primary N) is 1. The highest BCUT2D eigenvalue weighted by molar-refractivity contribution is 5.17. The fourth-order valence-electron chi connectivity index (χ4n) is 5.73. The van der Waals surface area contributed by atoms with E-state index in [0.717, 1.165) is 41.5 Å². The van der Waals surface area contributed by atoms with Gasteiger partial charge in [-0.05, 0) is 80.1 Å². The van der Waals surface area contributed by atoms with Crippen LogP contribution in [0.1, 0.15) is 38.5 Å². The molecular formula is C13H21N. The Morgan fingerprint density at radius 3 is 1.93 bits per heavy atom. The van der Waals surface area contributed by atoms with Crippen LogP contribution in [0.2, 0.25) is 0 Å². The quantitative estimate of drug-likeness (QED) is 0.676. The van der Waals surface area contributed by atoms with E-state index in [-0.39, 0.29) is 0 Å². The van der Waals surface area contributed by atoms with Crippen LogP contribution in [0, 0.1) is 35.0 Å². The summed E-state index contributed by atoms with van der Waals surface area (Å²) >= 11 is 0. The van der Waals surface area contributed by atoms with Crippen LogP contribution in [0.5, 0.6) is 0 Å². The lowest BCUT2D eigenvalue weighted by Gasteiger charge is -2.56. The Hall–Kier alpha value is -0.0400. The minimum absolute atomic E-state index is 0.794. The van der Waals surface area contributed by atoms with Crippen LogP contribution < -0.4 is 5.73 Å². The monoisotopic (exact) mass is 191 g/mol. The molecule has 4 bridgehead atoms. The SMILES string of the molecule is NC[C@@H]1CC12C1CC3CC(C1)CC2C3. The summed E-state index contributed by atoms with van der Waals surface area (Å²) in [6.45, 7) is 0.975. The zero-order valence-corrected chi connectivity index (χ0v) is 8.91. The molecule has 5 rings (SSSR count). The molecule has 0 radical (unpaired) electrons. The maximum Gasteiger partial charge on any atom is -0.00431 e. The van der Waals surface area contributed by atoms with Crippen LogP contribution in [-0.2, 0) is 0 Å². The van der Waals surface area contributed by atoms with Gasteiger partial charge < -0.3 is 5.73 Å². The topological polar surface area (TPSA) is 26.0 Å². The first kappa shape index (κ1) is 8.15. The molecule has 5 aliphatic carbocycles. The Morgan fingerprint density at radius 2 is 1.50 bits per heavy atom. The second-order valence-corrected chi connectivity index (χ2v) is 6.55. The first-order valence-electron chi connectivity index (χ1n) is 6.53. The standard InChI is InChI=1S/C13H21N/c14-7-12-6-13(12)10-2-8-1-9(4-10)5-11(13)3-8/h8-12H,1-7,14H2/t8?,9?,10?,11?,12-,13?/m0/s1.